The van der Waals surface area contributed by atoms with E-state index in [0.29, 0.717) is 6.42 Å². The van der Waals surface area contributed by atoms with E-state index in [0.717, 1.165) is 46.4 Å². The number of hydrogen-bond acceptors (Lipinski definition) is 2. The largest absolute Gasteiger partial charge is 0.491 e. The lowest BCUT2D eigenvalue weighted by molar-refractivity contribution is 0.0216. The van der Waals surface area contributed by atoms with Crippen molar-refractivity contribution in [2.75, 3.05) is 6.61 Å². The Morgan fingerprint density at radius 1 is 0.833 bits per heavy atom. The maximum Gasteiger partial charge on any atom is 0.127 e. The number of hydrogen-bond donors (Lipinski definition) is 1. The van der Waals surface area contributed by atoms with Gasteiger partial charge in [-0.3, -0.25) is 0 Å². The van der Waals surface area contributed by atoms with Gasteiger partial charge < -0.3 is 9.84 Å². The minimum Gasteiger partial charge on any atom is -0.491 e. The SMILES string of the molecule is CCc1ccc(-c2ccc(C(CC)(CC)c3ccc(OCC(O)C(C)(C)C)c(C)c3)cc2C)cc1F. The summed E-state index contributed by atoms with van der Waals surface area (Å²) in [6, 6.07) is 18.6. The van der Waals surface area contributed by atoms with Crippen molar-refractivity contribution >= 4 is 0 Å². The summed E-state index contributed by atoms with van der Waals surface area (Å²) in [6.07, 6.45) is 2.09. The van der Waals surface area contributed by atoms with Crippen molar-refractivity contribution in [2.45, 2.75) is 86.2 Å². The summed E-state index contributed by atoms with van der Waals surface area (Å²) in [4.78, 5) is 0. The van der Waals surface area contributed by atoms with Gasteiger partial charge in [0.2, 0.25) is 0 Å². The highest BCUT2D eigenvalue weighted by Gasteiger charge is 2.32. The number of ether oxygens (including phenoxy) is 1. The summed E-state index contributed by atoms with van der Waals surface area (Å²) < 4.78 is 20.5. The Hall–Kier alpha value is -2.65. The van der Waals surface area contributed by atoms with E-state index < -0.39 is 6.10 Å². The van der Waals surface area contributed by atoms with E-state index >= 15 is 0 Å². The standard InChI is InChI=1S/C33H43FO2/c1-9-24-12-13-25(20-29(24)34)28-16-14-26(18-22(28)4)33(10-2,11-3)27-15-17-30(23(5)19-27)36-21-31(35)32(6,7)8/h12-20,31,35H,9-11,21H2,1-8H3. The van der Waals surface area contributed by atoms with Crippen LogP contribution in [-0.4, -0.2) is 17.8 Å². The van der Waals surface area contributed by atoms with Crippen LogP contribution in [0.3, 0.4) is 0 Å². The molecule has 3 heteroatoms. The third-order valence-corrected chi connectivity index (χ3v) is 7.85. The zero-order valence-electron chi connectivity index (χ0n) is 23.3. The highest BCUT2D eigenvalue weighted by molar-refractivity contribution is 5.68. The molecule has 0 aliphatic rings. The van der Waals surface area contributed by atoms with Gasteiger partial charge in [-0.2, -0.15) is 0 Å². The summed E-state index contributed by atoms with van der Waals surface area (Å²) >= 11 is 0. The number of halogens is 1. The van der Waals surface area contributed by atoms with Gasteiger partial charge in [0.05, 0.1) is 6.10 Å². The molecule has 0 saturated carbocycles. The lowest BCUT2D eigenvalue weighted by Crippen LogP contribution is -2.32. The molecule has 0 aliphatic heterocycles. The van der Waals surface area contributed by atoms with E-state index in [4.69, 9.17) is 4.74 Å². The van der Waals surface area contributed by atoms with Crippen LogP contribution in [0.4, 0.5) is 4.39 Å². The molecule has 0 fully saturated rings. The Morgan fingerprint density at radius 3 is 1.94 bits per heavy atom. The van der Waals surface area contributed by atoms with Gasteiger partial charge in [0.1, 0.15) is 18.2 Å². The highest BCUT2D eigenvalue weighted by atomic mass is 19.1. The normalized spacial score (nSPS) is 13.1. The zero-order chi connectivity index (χ0) is 26.7. The molecule has 0 aromatic heterocycles. The third kappa shape index (κ3) is 5.67. The zero-order valence-corrected chi connectivity index (χ0v) is 23.3. The molecule has 0 bridgehead atoms. The molecule has 0 amide bonds. The second-order valence-electron chi connectivity index (χ2n) is 11.2. The summed E-state index contributed by atoms with van der Waals surface area (Å²) in [6.45, 7) is 17.0. The van der Waals surface area contributed by atoms with Crippen molar-refractivity contribution in [3.8, 4) is 16.9 Å². The maximum atomic E-state index is 14.5. The first-order valence-corrected chi connectivity index (χ1v) is 13.3. The molecule has 0 radical (unpaired) electrons. The molecule has 2 nitrogen and oxygen atoms in total. The number of aliphatic hydroxyl groups is 1. The van der Waals surface area contributed by atoms with Gasteiger partial charge >= 0.3 is 0 Å². The van der Waals surface area contributed by atoms with Crippen LogP contribution >= 0.6 is 0 Å². The van der Waals surface area contributed by atoms with Gasteiger partial charge in [0.15, 0.2) is 0 Å². The fraction of sp³-hybridized carbons (Fsp3) is 0.455. The lowest BCUT2D eigenvalue weighted by Gasteiger charge is -2.34. The van der Waals surface area contributed by atoms with Crippen LogP contribution < -0.4 is 4.74 Å². The van der Waals surface area contributed by atoms with Crippen LogP contribution in [-0.2, 0) is 11.8 Å². The van der Waals surface area contributed by atoms with Gasteiger partial charge in [-0.15, -0.1) is 0 Å². The molecular formula is C33H43FO2. The number of aliphatic hydroxyl groups excluding tert-OH is 1. The fourth-order valence-corrected chi connectivity index (χ4v) is 5.05. The molecule has 1 atom stereocenters. The van der Waals surface area contributed by atoms with Gasteiger partial charge in [0.25, 0.3) is 0 Å². The van der Waals surface area contributed by atoms with Gasteiger partial charge in [-0.1, -0.05) is 84.0 Å². The lowest BCUT2D eigenvalue weighted by atomic mass is 9.69. The van der Waals surface area contributed by atoms with Gasteiger partial charge in [-0.25, -0.2) is 4.39 Å². The molecule has 3 aromatic carbocycles. The van der Waals surface area contributed by atoms with E-state index in [1.165, 1.54) is 11.1 Å². The first-order chi connectivity index (χ1) is 17.0. The van der Waals surface area contributed by atoms with Crippen LogP contribution in [0.5, 0.6) is 5.75 Å². The Kier molecular flexibility index (Phi) is 8.67. The minimum atomic E-state index is -0.532. The molecule has 3 aromatic rings. The Balaban J connectivity index is 1.94. The van der Waals surface area contributed by atoms with E-state index in [9.17, 15) is 9.50 Å². The quantitative estimate of drug-likeness (QED) is 0.325. The topological polar surface area (TPSA) is 29.5 Å². The Labute approximate surface area is 217 Å². The minimum absolute atomic E-state index is 0.130. The van der Waals surface area contributed by atoms with E-state index in [-0.39, 0.29) is 23.3 Å². The van der Waals surface area contributed by atoms with Crippen LogP contribution in [0.15, 0.2) is 54.6 Å². The van der Waals surface area contributed by atoms with Gasteiger partial charge in [0, 0.05) is 5.41 Å². The van der Waals surface area contributed by atoms with E-state index in [2.05, 4.69) is 58.0 Å². The predicted molar refractivity (Wildman–Crippen MR) is 149 cm³/mol. The molecule has 0 spiro atoms. The first-order valence-electron chi connectivity index (χ1n) is 13.3. The highest BCUT2D eigenvalue weighted by Crippen LogP contribution is 2.42. The van der Waals surface area contributed by atoms with Crippen molar-refractivity contribution in [1.29, 1.82) is 0 Å². The Bertz CT molecular complexity index is 1180. The second-order valence-corrected chi connectivity index (χ2v) is 11.2. The van der Waals surface area contributed by atoms with Crippen molar-refractivity contribution in [3.05, 3.63) is 88.2 Å². The summed E-state index contributed by atoms with van der Waals surface area (Å²) in [5, 5.41) is 10.4. The van der Waals surface area contributed by atoms with Crippen molar-refractivity contribution in [3.63, 3.8) is 0 Å². The van der Waals surface area contributed by atoms with Crippen LogP contribution in [0, 0.1) is 25.1 Å². The van der Waals surface area contributed by atoms with E-state index in [1.54, 1.807) is 6.07 Å². The maximum absolute atomic E-state index is 14.5. The van der Waals surface area contributed by atoms with Crippen molar-refractivity contribution in [1.82, 2.24) is 0 Å². The molecular weight excluding hydrogens is 447 g/mol. The molecule has 194 valence electrons. The number of rotatable bonds is 9. The van der Waals surface area contributed by atoms with Crippen LogP contribution in [0.1, 0.15) is 82.2 Å². The fourth-order valence-electron chi connectivity index (χ4n) is 5.05. The molecule has 36 heavy (non-hydrogen) atoms. The number of benzene rings is 3. The molecule has 1 unspecified atom stereocenters. The average Bonchev–Trinajstić information content (AvgIpc) is 2.84. The number of aryl methyl sites for hydroxylation is 3. The molecule has 0 aliphatic carbocycles. The molecule has 0 saturated heterocycles. The van der Waals surface area contributed by atoms with Crippen molar-refractivity contribution < 1.29 is 14.2 Å². The molecule has 3 rings (SSSR count). The monoisotopic (exact) mass is 490 g/mol. The van der Waals surface area contributed by atoms with Crippen LogP contribution in [0.25, 0.3) is 11.1 Å². The molecule has 1 N–H and O–H groups in total. The van der Waals surface area contributed by atoms with Crippen LogP contribution in [0.2, 0.25) is 0 Å². The first kappa shape index (κ1) is 27.9. The van der Waals surface area contributed by atoms with Gasteiger partial charge in [-0.05, 0) is 89.6 Å². The third-order valence-electron chi connectivity index (χ3n) is 7.85. The smallest absolute Gasteiger partial charge is 0.127 e. The van der Waals surface area contributed by atoms with Crippen molar-refractivity contribution in [2.24, 2.45) is 5.41 Å². The Morgan fingerprint density at radius 2 is 1.44 bits per heavy atom. The van der Waals surface area contributed by atoms with E-state index in [1.807, 2.05) is 45.9 Å². The summed E-state index contributed by atoms with van der Waals surface area (Å²) in [5.41, 5.74) is 7.14. The predicted octanol–water partition coefficient (Wildman–Crippen LogP) is 8.56. The summed E-state index contributed by atoms with van der Waals surface area (Å²) in [7, 11) is 0. The summed E-state index contributed by atoms with van der Waals surface area (Å²) in [5.74, 6) is 0.676. The molecule has 0 heterocycles. The average molecular weight is 491 g/mol. The second kappa shape index (κ2) is 11.2.